The Morgan fingerprint density at radius 3 is 2.26 bits per heavy atom. The van der Waals surface area contributed by atoms with Crippen LogP contribution in [0.1, 0.15) is 29.8 Å². The quantitative estimate of drug-likeness (QED) is 0.178. The van der Waals surface area contributed by atoms with Gasteiger partial charge in [-0.3, -0.25) is 19.3 Å². The van der Waals surface area contributed by atoms with Gasteiger partial charge in [0.1, 0.15) is 42.5 Å². The zero-order chi connectivity index (χ0) is 24.3. The number of carbonyl (C=O) groups is 1. The number of nitrogens with one attached hydrogen (secondary N) is 2. The second-order valence-corrected chi connectivity index (χ2v) is 8.27. The van der Waals surface area contributed by atoms with E-state index in [1.54, 1.807) is 76.9 Å². The van der Waals surface area contributed by atoms with E-state index in [0.717, 1.165) is 0 Å². The number of nitrogen functional groups attached to an aromatic ring is 2. The Labute approximate surface area is 195 Å². The molecule has 11 nitrogen and oxygen atoms in total. The van der Waals surface area contributed by atoms with E-state index < -0.39 is 5.54 Å². The molecule has 0 saturated carbocycles. The minimum atomic E-state index is -0.761. The highest BCUT2D eigenvalue weighted by Crippen LogP contribution is 2.25. The minimum absolute atomic E-state index is 0.121. The number of hydrogen-bond donors (Lipinski definition) is 4. The largest absolute Gasteiger partial charge is 0.490 e. The number of benzene rings is 1. The standard InChI is InChI=1S/C23H25N9O2/c1-23(2,12-34-17-5-3-4-16(24)20(17)21(25)26)30-22(33)15-10-18(31-8-6-27-13-31)29-19(11-15)32-9-7-28-14-32/h3-11,13-14H,12,24H2,1-2H3,(H3,25,26)(H,30,33). The summed E-state index contributed by atoms with van der Waals surface area (Å²) in [7, 11) is 0. The Hall–Kier alpha value is -4.67. The first-order valence-electron chi connectivity index (χ1n) is 10.4. The molecule has 3 aromatic heterocycles. The molecule has 6 N–H and O–H groups in total. The summed E-state index contributed by atoms with van der Waals surface area (Å²) in [6.07, 6.45) is 9.99. The molecule has 0 aliphatic rings. The molecule has 0 spiro atoms. The van der Waals surface area contributed by atoms with Crippen LogP contribution in [0.25, 0.3) is 11.6 Å². The second-order valence-electron chi connectivity index (χ2n) is 8.27. The van der Waals surface area contributed by atoms with Gasteiger partial charge >= 0.3 is 0 Å². The summed E-state index contributed by atoms with van der Waals surface area (Å²) in [6, 6.07) is 8.41. The molecule has 0 saturated heterocycles. The van der Waals surface area contributed by atoms with Crippen molar-refractivity contribution in [1.82, 2.24) is 29.4 Å². The lowest BCUT2D eigenvalue weighted by Gasteiger charge is -2.27. The third-order valence-electron chi connectivity index (χ3n) is 4.97. The smallest absolute Gasteiger partial charge is 0.252 e. The number of nitrogens with two attached hydrogens (primary N) is 2. The molecule has 11 heteroatoms. The molecular weight excluding hydrogens is 434 g/mol. The van der Waals surface area contributed by atoms with Crippen LogP contribution in [0.3, 0.4) is 0 Å². The maximum atomic E-state index is 13.2. The number of nitrogens with zero attached hydrogens (tertiary/aromatic N) is 5. The van der Waals surface area contributed by atoms with Gasteiger partial charge in [0, 0.05) is 36.0 Å². The fourth-order valence-electron chi connectivity index (χ4n) is 3.32. The van der Waals surface area contributed by atoms with E-state index in [0.29, 0.717) is 34.2 Å². The van der Waals surface area contributed by atoms with E-state index in [1.165, 1.54) is 0 Å². The van der Waals surface area contributed by atoms with Crippen molar-refractivity contribution in [2.45, 2.75) is 19.4 Å². The molecule has 0 fully saturated rings. The van der Waals surface area contributed by atoms with Crippen LogP contribution in [0.2, 0.25) is 0 Å². The fraction of sp³-hybridized carbons (Fsp3) is 0.174. The highest BCUT2D eigenvalue weighted by Gasteiger charge is 2.24. The van der Waals surface area contributed by atoms with Gasteiger partial charge in [0.15, 0.2) is 0 Å². The highest BCUT2D eigenvalue weighted by atomic mass is 16.5. The van der Waals surface area contributed by atoms with Crippen molar-refractivity contribution in [3.05, 3.63) is 78.9 Å². The maximum Gasteiger partial charge on any atom is 0.252 e. The molecule has 0 aliphatic carbocycles. The molecule has 1 aromatic carbocycles. The molecule has 0 atom stereocenters. The fourth-order valence-corrected chi connectivity index (χ4v) is 3.32. The van der Waals surface area contributed by atoms with Crippen LogP contribution in [0, 0.1) is 5.41 Å². The Balaban J connectivity index is 1.56. The third-order valence-corrected chi connectivity index (χ3v) is 4.97. The number of aromatic nitrogens is 5. The molecule has 174 valence electrons. The molecule has 1 amide bonds. The third kappa shape index (κ3) is 4.88. The van der Waals surface area contributed by atoms with E-state index in [-0.39, 0.29) is 18.3 Å². The number of anilines is 1. The van der Waals surface area contributed by atoms with E-state index in [1.807, 2.05) is 13.8 Å². The molecule has 0 radical (unpaired) electrons. The Kier molecular flexibility index (Phi) is 6.00. The SMILES string of the molecule is CC(C)(COc1cccc(N)c1C(=N)N)NC(=O)c1cc(-n2ccnc2)nc(-n2ccnc2)c1. The Morgan fingerprint density at radius 2 is 1.74 bits per heavy atom. The van der Waals surface area contributed by atoms with Crippen LogP contribution in [0.4, 0.5) is 5.69 Å². The summed E-state index contributed by atoms with van der Waals surface area (Å²) in [5.41, 5.74) is 11.9. The summed E-state index contributed by atoms with van der Waals surface area (Å²) in [4.78, 5) is 25.9. The average Bonchev–Trinajstić information content (AvgIpc) is 3.51. The summed E-state index contributed by atoms with van der Waals surface area (Å²) >= 11 is 0. The predicted octanol–water partition coefficient (Wildman–Crippen LogP) is 1.91. The van der Waals surface area contributed by atoms with E-state index in [4.69, 9.17) is 21.6 Å². The van der Waals surface area contributed by atoms with Crippen LogP contribution in [0.5, 0.6) is 5.75 Å². The minimum Gasteiger partial charge on any atom is -0.490 e. The highest BCUT2D eigenvalue weighted by molar-refractivity contribution is 6.02. The topological polar surface area (TPSA) is 163 Å². The first-order valence-corrected chi connectivity index (χ1v) is 10.4. The average molecular weight is 460 g/mol. The zero-order valence-corrected chi connectivity index (χ0v) is 18.8. The molecule has 0 unspecified atom stereocenters. The summed E-state index contributed by atoms with van der Waals surface area (Å²) in [5.74, 6) is 0.954. The molecule has 0 bridgehead atoms. The van der Waals surface area contributed by atoms with Gasteiger partial charge in [-0.1, -0.05) is 6.07 Å². The number of pyridine rings is 1. The van der Waals surface area contributed by atoms with Crippen molar-refractivity contribution < 1.29 is 9.53 Å². The molecule has 34 heavy (non-hydrogen) atoms. The van der Waals surface area contributed by atoms with E-state index in [2.05, 4.69) is 20.3 Å². The van der Waals surface area contributed by atoms with Gasteiger partial charge in [0.2, 0.25) is 0 Å². The number of imidazole rings is 2. The van der Waals surface area contributed by atoms with Crippen LogP contribution in [-0.4, -0.2) is 48.0 Å². The summed E-state index contributed by atoms with van der Waals surface area (Å²) < 4.78 is 9.33. The van der Waals surface area contributed by atoms with Crippen LogP contribution >= 0.6 is 0 Å². The van der Waals surface area contributed by atoms with Gasteiger partial charge in [-0.05, 0) is 38.1 Å². The van der Waals surface area contributed by atoms with Gasteiger partial charge < -0.3 is 21.5 Å². The lowest BCUT2D eigenvalue weighted by molar-refractivity contribution is 0.0880. The number of rotatable bonds is 8. The number of amidine groups is 1. The van der Waals surface area contributed by atoms with Crippen molar-refractivity contribution >= 4 is 17.4 Å². The van der Waals surface area contributed by atoms with E-state index >= 15 is 0 Å². The zero-order valence-electron chi connectivity index (χ0n) is 18.8. The number of hydrogen-bond acceptors (Lipinski definition) is 7. The van der Waals surface area contributed by atoms with E-state index in [9.17, 15) is 4.79 Å². The van der Waals surface area contributed by atoms with Crippen LogP contribution in [0.15, 0.2) is 67.8 Å². The van der Waals surface area contributed by atoms with Gasteiger partial charge in [-0.15, -0.1) is 0 Å². The Bertz CT molecular complexity index is 1260. The van der Waals surface area contributed by atoms with Crippen molar-refractivity contribution in [2.75, 3.05) is 12.3 Å². The van der Waals surface area contributed by atoms with Crippen molar-refractivity contribution in [2.24, 2.45) is 5.73 Å². The summed E-state index contributed by atoms with van der Waals surface area (Å²) in [5, 5.41) is 10.8. The molecule has 4 aromatic rings. The molecular formula is C23H25N9O2. The van der Waals surface area contributed by atoms with Crippen molar-refractivity contribution in [3.63, 3.8) is 0 Å². The van der Waals surface area contributed by atoms with Gasteiger partial charge in [0.05, 0.1) is 11.1 Å². The summed E-state index contributed by atoms with van der Waals surface area (Å²) in [6.45, 7) is 3.79. The normalized spacial score (nSPS) is 11.2. The number of carbonyl (C=O) groups excluding carboxylic acids is 1. The molecule has 4 rings (SSSR count). The van der Waals surface area contributed by atoms with Gasteiger partial charge in [0.25, 0.3) is 5.91 Å². The first kappa shape index (κ1) is 22.5. The van der Waals surface area contributed by atoms with Gasteiger partial charge in [-0.2, -0.15) is 0 Å². The lowest BCUT2D eigenvalue weighted by Crippen LogP contribution is -2.48. The van der Waals surface area contributed by atoms with Crippen LogP contribution in [-0.2, 0) is 0 Å². The maximum absolute atomic E-state index is 13.2. The second kappa shape index (κ2) is 9.06. The number of ether oxygens (including phenoxy) is 1. The lowest BCUT2D eigenvalue weighted by atomic mass is 10.1. The molecule has 3 heterocycles. The van der Waals surface area contributed by atoms with Crippen molar-refractivity contribution in [3.8, 4) is 17.4 Å². The Morgan fingerprint density at radius 1 is 1.12 bits per heavy atom. The molecule has 0 aliphatic heterocycles. The predicted molar refractivity (Wildman–Crippen MR) is 127 cm³/mol. The first-order chi connectivity index (χ1) is 16.2. The van der Waals surface area contributed by atoms with Gasteiger partial charge in [-0.25, -0.2) is 15.0 Å². The number of amides is 1. The van der Waals surface area contributed by atoms with Crippen LogP contribution < -0.4 is 21.5 Å². The monoisotopic (exact) mass is 459 g/mol. The van der Waals surface area contributed by atoms with Crippen molar-refractivity contribution in [1.29, 1.82) is 5.41 Å².